The first-order valence-corrected chi connectivity index (χ1v) is 3.78. The summed E-state index contributed by atoms with van der Waals surface area (Å²) >= 11 is 0. The molecule has 13 heavy (non-hydrogen) atoms. The molecule has 0 saturated heterocycles. The Morgan fingerprint density at radius 2 is 2.15 bits per heavy atom. The van der Waals surface area contributed by atoms with E-state index in [1.165, 1.54) is 0 Å². The number of hydrogen-bond donors (Lipinski definition) is 1. The second-order valence-electron chi connectivity index (χ2n) is 2.40. The molecule has 68 valence electrons. The average Bonchev–Trinajstić information content (AvgIpc) is 2.14. The first kappa shape index (κ1) is 9.25. The van der Waals surface area contributed by atoms with Crippen LogP contribution in [-0.2, 0) is 16.2 Å². The molecule has 0 spiro atoms. The average molecular weight is 178 g/mol. The SMILES string of the molecule is NC(=O)C=NOCc1ccccc1. The molecule has 0 radical (unpaired) electrons. The highest BCUT2D eigenvalue weighted by atomic mass is 16.6. The predicted molar refractivity (Wildman–Crippen MR) is 48.9 cm³/mol. The van der Waals surface area contributed by atoms with Crippen LogP contribution in [0.4, 0.5) is 0 Å². The van der Waals surface area contributed by atoms with E-state index < -0.39 is 5.91 Å². The normalized spacial score (nSPS) is 10.2. The maximum atomic E-state index is 10.2. The Kier molecular flexibility index (Phi) is 3.50. The Morgan fingerprint density at radius 3 is 2.77 bits per heavy atom. The van der Waals surface area contributed by atoms with Gasteiger partial charge in [0.05, 0.1) is 0 Å². The molecule has 0 heterocycles. The molecule has 0 aliphatic carbocycles. The summed E-state index contributed by atoms with van der Waals surface area (Å²) in [5.74, 6) is -0.618. The zero-order valence-corrected chi connectivity index (χ0v) is 7.01. The minimum atomic E-state index is -0.618. The largest absolute Gasteiger partial charge is 0.391 e. The number of primary amides is 1. The van der Waals surface area contributed by atoms with Gasteiger partial charge in [-0.15, -0.1) is 0 Å². The van der Waals surface area contributed by atoms with Crippen LogP contribution >= 0.6 is 0 Å². The molecule has 0 fully saturated rings. The molecule has 1 aromatic carbocycles. The Hall–Kier alpha value is -1.84. The lowest BCUT2D eigenvalue weighted by Crippen LogP contribution is -2.11. The lowest BCUT2D eigenvalue weighted by Gasteiger charge is -1.97. The number of amides is 1. The third-order valence-corrected chi connectivity index (χ3v) is 1.33. The van der Waals surface area contributed by atoms with Crippen molar-refractivity contribution in [3.05, 3.63) is 35.9 Å². The van der Waals surface area contributed by atoms with Gasteiger partial charge in [-0.25, -0.2) is 0 Å². The van der Waals surface area contributed by atoms with E-state index >= 15 is 0 Å². The van der Waals surface area contributed by atoms with Gasteiger partial charge >= 0.3 is 0 Å². The van der Waals surface area contributed by atoms with Crippen molar-refractivity contribution in [1.82, 2.24) is 0 Å². The van der Waals surface area contributed by atoms with E-state index in [0.717, 1.165) is 11.8 Å². The standard InChI is InChI=1S/C9H10N2O2/c10-9(12)6-11-13-7-8-4-2-1-3-5-8/h1-6H,7H2,(H2,10,12). The van der Waals surface area contributed by atoms with Crippen molar-refractivity contribution in [3.8, 4) is 0 Å². The number of carbonyl (C=O) groups excluding carboxylic acids is 1. The van der Waals surface area contributed by atoms with Crippen LogP contribution in [0.15, 0.2) is 35.5 Å². The van der Waals surface area contributed by atoms with Crippen molar-refractivity contribution in [2.75, 3.05) is 0 Å². The van der Waals surface area contributed by atoms with E-state index in [1.807, 2.05) is 30.3 Å². The summed E-state index contributed by atoms with van der Waals surface area (Å²) in [6.45, 7) is 0.338. The Labute approximate surface area is 76.0 Å². The third-order valence-electron chi connectivity index (χ3n) is 1.33. The molecule has 0 aliphatic heterocycles. The number of oxime groups is 1. The van der Waals surface area contributed by atoms with Gasteiger partial charge in [0.25, 0.3) is 5.91 Å². The highest BCUT2D eigenvalue weighted by molar-refractivity contribution is 6.25. The van der Waals surface area contributed by atoms with E-state index in [0.29, 0.717) is 6.61 Å². The Balaban J connectivity index is 2.32. The molecule has 0 atom stereocenters. The van der Waals surface area contributed by atoms with Crippen LogP contribution in [0.3, 0.4) is 0 Å². The molecule has 1 rings (SSSR count). The van der Waals surface area contributed by atoms with Crippen LogP contribution in [0.1, 0.15) is 5.56 Å². The number of benzene rings is 1. The second-order valence-corrected chi connectivity index (χ2v) is 2.40. The van der Waals surface area contributed by atoms with E-state index in [4.69, 9.17) is 10.6 Å². The first-order valence-electron chi connectivity index (χ1n) is 3.78. The molecular weight excluding hydrogens is 168 g/mol. The summed E-state index contributed by atoms with van der Waals surface area (Å²) in [5.41, 5.74) is 5.79. The molecule has 1 amide bonds. The zero-order valence-electron chi connectivity index (χ0n) is 7.01. The maximum absolute atomic E-state index is 10.2. The number of nitrogens with zero attached hydrogens (tertiary/aromatic N) is 1. The van der Waals surface area contributed by atoms with E-state index in [9.17, 15) is 4.79 Å². The summed E-state index contributed by atoms with van der Waals surface area (Å²) in [4.78, 5) is 15.0. The topological polar surface area (TPSA) is 64.7 Å². The van der Waals surface area contributed by atoms with E-state index in [1.54, 1.807) is 0 Å². The zero-order chi connectivity index (χ0) is 9.52. The monoisotopic (exact) mass is 178 g/mol. The molecule has 0 aliphatic rings. The van der Waals surface area contributed by atoms with Crippen molar-refractivity contribution in [1.29, 1.82) is 0 Å². The summed E-state index contributed by atoms with van der Waals surface area (Å²) in [6.07, 6.45) is 0.933. The molecular formula is C9H10N2O2. The van der Waals surface area contributed by atoms with E-state index in [2.05, 4.69) is 5.16 Å². The van der Waals surface area contributed by atoms with Gasteiger partial charge in [0.1, 0.15) is 12.8 Å². The minimum Gasteiger partial charge on any atom is -0.391 e. The van der Waals surface area contributed by atoms with Gasteiger partial charge < -0.3 is 10.6 Å². The van der Waals surface area contributed by atoms with Gasteiger partial charge in [-0.3, -0.25) is 4.79 Å². The molecule has 2 N–H and O–H groups in total. The molecule has 0 aromatic heterocycles. The number of nitrogens with two attached hydrogens (primary N) is 1. The van der Waals surface area contributed by atoms with Gasteiger partial charge in [-0.2, -0.15) is 0 Å². The third kappa shape index (κ3) is 3.91. The van der Waals surface area contributed by atoms with Gasteiger partial charge in [0, 0.05) is 0 Å². The molecule has 0 bridgehead atoms. The van der Waals surface area contributed by atoms with Crippen LogP contribution in [0.25, 0.3) is 0 Å². The van der Waals surface area contributed by atoms with Crippen LogP contribution in [0, 0.1) is 0 Å². The smallest absolute Gasteiger partial charge is 0.263 e. The number of carbonyl (C=O) groups is 1. The summed E-state index contributed by atoms with van der Waals surface area (Å²) in [6, 6.07) is 9.52. The molecule has 0 saturated carbocycles. The Bertz CT molecular complexity index is 296. The summed E-state index contributed by atoms with van der Waals surface area (Å²) in [7, 11) is 0. The van der Waals surface area contributed by atoms with Crippen LogP contribution in [-0.4, -0.2) is 12.1 Å². The fourth-order valence-electron chi connectivity index (χ4n) is 0.775. The fourth-order valence-corrected chi connectivity index (χ4v) is 0.775. The van der Waals surface area contributed by atoms with Crippen molar-refractivity contribution >= 4 is 12.1 Å². The van der Waals surface area contributed by atoms with Crippen molar-refractivity contribution in [2.24, 2.45) is 10.9 Å². The lowest BCUT2D eigenvalue weighted by atomic mass is 10.2. The maximum Gasteiger partial charge on any atom is 0.263 e. The van der Waals surface area contributed by atoms with Crippen molar-refractivity contribution in [2.45, 2.75) is 6.61 Å². The van der Waals surface area contributed by atoms with Gasteiger partial charge in [-0.05, 0) is 5.56 Å². The fraction of sp³-hybridized carbons (Fsp3) is 0.111. The summed E-state index contributed by atoms with van der Waals surface area (Å²) < 4.78 is 0. The van der Waals surface area contributed by atoms with Gasteiger partial charge in [0.15, 0.2) is 0 Å². The minimum absolute atomic E-state index is 0.338. The molecule has 4 heteroatoms. The van der Waals surface area contributed by atoms with Gasteiger partial charge in [-0.1, -0.05) is 35.5 Å². The molecule has 0 unspecified atom stereocenters. The first-order chi connectivity index (χ1) is 6.29. The second kappa shape index (κ2) is 4.92. The lowest BCUT2D eigenvalue weighted by molar-refractivity contribution is -0.111. The van der Waals surface area contributed by atoms with E-state index in [-0.39, 0.29) is 0 Å². The number of hydrogen-bond acceptors (Lipinski definition) is 3. The van der Waals surface area contributed by atoms with Crippen LogP contribution in [0.5, 0.6) is 0 Å². The Morgan fingerprint density at radius 1 is 1.46 bits per heavy atom. The molecule has 4 nitrogen and oxygen atoms in total. The van der Waals surface area contributed by atoms with Crippen molar-refractivity contribution < 1.29 is 9.63 Å². The number of rotatable bonds is 4. The highest BCUT2D eigenvalue weighted by Gasteiger charge is 1.89. The quantitative estimate of drug-likeness (QED) is 0.544. The van der Waals surface area contributed by atoms with Crippen molar-refractivity contribution in [3.63, 3.8) is 0 Å². The highest BCUT2D eigenvalue weighted by Crippen LogP contribution is 1.99. The van der Waals surface area contributed by atoms with Gasteiger partial charge in [0.2, 0.25) is 0 Å². The summed E-state index contributed by atoms with van der Waals surface area (Å²) in [5, 5.41) is 3.37. The molecule has 1 aromatic rings. The predicted octanol–water partition coefficient (Wildman–Crippen LogP) is 0.674. The van der Waals surface area contributed by atoms with Crippen LogP contribution in [0.2, 0.25) is 0 Å². The van der Waals surface area contributed by atoms with Crippen LogP contribution < -0.4 is 5.73 Å².